The Morgan fingerprint density at radius 2 is 1.71 bits per heavy atom. The Morgan fingerprint density at radius 3 is 2.41 bits per heavy atom. The van der Waals surface area contributed by atoms with Gasteiger partial charge in [0.2, 0.25) is 0 Å². The molecule has 4 aromatic rings. The summed E-state index contributed by atoms with van der Waals surface area (Å²) >= 11 is 0. The number of alkyl halides is 3. The minimum atomic E-state index is -4.53. The lowest BCUT2D eigenvalue weighted by atomic mass is 9.94. The summed E-state index contributed by atoms with van der Waals surface area (Å²) in [6, 6.07) is 10.7. The molecule has 0 spiro atoms. The highest BCUT2D eigenvalue weighted by Crippen LogP contribution is 2.34. The molecule has 216 valence electrons. The molecule has 41 heavy (non-hydrogen) atoms. The van der Waals surface area contributed by atoms with E-state index in [9.17, 15) is 18.0 Å². The van der Waals surface area contributed by atoms with Crippen LogP contribution < -0.4 is 16.0 Å². The molecule has 0 unspecified atom stereocenters. The molecule has 1 saturated carbocycles. The summed E-state index contributed by atoms with van der Waals surface area (Å²) in [5, 5.41) is 8.17. The Kier molecular flexibility index (Phi) is 8.39. The van der Waals surface area contributed by atoms with E-state index < -0.39 is 17.8 Å². The number of rotatable bonds is 8. The van der Waals surface area contributed by atoms with Crippen molar-refractivity contribution in [2.24, 2.45) is 0 Å². The van der Waals surface area contributed by atoms with Crippen LogP contribution in [0.1, 0.15) is 43.2 Å². The van der Waals surface area contributed by atoms with E-state index >= 15 is 0 Å². The number of hydrogen-bond donors (Lipinski definition) is 3. The van der Waals surface area contributed by atoms with Crippen molar-refractivity contribution in [2.75, 3.05) is 36.6 Å². The molecule has 0 radical (unpaired) electrons. The molecule has 3 N–H and O–H groups in total. The molecule has 2 aromatic heterocycles. The number of imidazole rings is 1. The second-order valence-electron chi connectivity index (χ2n) is 10.3. The van der Waals surface area contributed by atoms with Crippen LogP contribution in [0.25, 0.3) is 16.9 Å². The van der Waals surface area contributed by atoms with Gasteiger partial charge in [0.05, 0.1) is 5.56 Å². The molecule has 12 heteroatoms. The van der Waals surface area contributed by atoms with Crippen LogP contribution in [0.3, 0.4) is 0 Å². The monoisotopic (exact) mass is 566 g/mol. The van der Waals surface area contributed by atoms with Gasteiger partial charge < -0.3 is 20.9 Å². The first kappa shape index (κ1) is 28.3. The highest BCUT2D eigenvalue weighted by Gasteiger charge is 2.34. The number of fused-ring (bicyclic) bond motifs is 1. The highest BCUT2D eigenvalue weighted by molar-refractivity contribution is 5.99. The van der Waals surface area contributed by atoms with Crippen LogP contribution in [0.4, 0.5) is 35.2 Å². The van der Waals surface area contributed by atoms with Gasteiger partial charge in [0.1, 0.15) is 12.7 Å². The molecule has 5 rings (SSSR count). The van der Waals surface area contributed by atoms with Crippen molar-refractivity contribution in [3.63, 3.8) is 0 Å². The maximum Gasteiger partial charge on any atom is 0.416 e. The summed E-state index contributed by atoms with van der Waals surface area (Å²) in [7, 11) is 3.74. The zero-order chi connectivity index (χ0) is 29.0. The van der Waals surface area contributed by atoms with Crippen molar-refractivity contribution >= 4 is 34.4 Å². The van der Waals surface area contributed by atoms with Crippen molar-refractivity contribution in [1.29, 1.82) is 0 Å². The zero-order valence-electron chi connectivity index (χ0n) is 23.0. The summed E-state index contributed by atoms with van der Waals surface area (Å²) < 4.78 is 43.6. The number of anilines is 3. The zero-order valence-corrected chi connectivity index (χ0v) is 23.0. The number of aromatic nitrogens is 4. The third kappa shape index (κ3) is 6.59. The number of carbonyl (C=O) groups is 1. The Bertz CT molecular complexity index is 1500. The Balaban J connectivity index is 1.23. The molecular formula is C29H33F3N8O. The number of likely N-dealkylation sites (N-methyl/N-ethyl adjacent to an activating group) is 1. The van der Waals surface area contributed by atoms with Gasteiger partial charge in [0.15, 0.2) is 17.0 Å². The molecular weight excluding hydrogens is 533 g/mol. The fraction of sp³-hybridized carbons (Fsp3) is 0.379. The van der Waals surface area contributed by atoms with Crippen LogP contribution in [0, 0.1) is 0 Å². The molecule has 1 fully saturated rings. The summed E-state index contributed by atoms with van der Waals surface area (Å²) in [5.41, 5.74) is 2.04. The molecule has 1 aliphatic carbocycles. The number of benzene rings is 2. The van der Waals surface area contributed by atoms with E-state index in [1.54, 1.807) is 42.2 Å². The van der Waals surface area contributed by atoms with E-state index in [1.807, 2.05) is 7.05 Å². The van der Waals surface area contributed by atoms with E-state index in [4.69, 9.17) is 0 Å². The lowest BCUT2D eigenvalue weighted by molar-refractivity contribution is -0.138. The average molecular weight is 567 g/mol. The van der Waals surface area contributed by atoms with Gasteiger partial charge in [0.25, 0.3) is 0 Å². The largest absolute Gasteiger partial charge is 0.416 e. The molecule has 1 aliphatic rings. The van der Waals surface area contributed by atoms with Gasteiger partial charge in [-0.25, -0.2) is 19.7 Å². The molecule has 9 nitrogen and oxygen atoms in total. The summed E-state index contributed by atoms with van der Waals surface area (Å²) in [6.45, 7) is 0.551. The van der Waals surface area contributed by atoms with Gasteiger partial charge in [0, 0.05) is 36.7 Å². The number of carbonyl (C=O) groups excluding carboxylic acids is 1. The molecule has 2 heterocycles. The molecule has 0 atom stereocenters. The summed E-state index contributed by atoms with van der Waals surface area (Å²) in [4.78, 5) is 27.6. The van der Waals surface area contributed by atoms with E-state index in [2.05, 4.69) is 35.8 Å². The van der Waals surface area contributed by atoms with Gasteiger partial charge >= 0.3 is 12.2 Å². The number of nitrogens with zero attached hydrogens (tertiary/aromatic N) is 5. The molecule has 2 aromatic carbocycles. The number of hydrogen-bond acceptors (Lipinski definition) is 6. The molecule has 0 aliphatic heterocycles. The molecule has 0 saturated heterocycles. The van der Waals surface area contributed by atoms with Crippen molar-refractivity contribution in [3.05, 3.63) is 66.2 Å². The minimum Gasteiger partial charge on any atom is -0.371 e. The standard InChI is InChI=1S/C29H33F3N8O/c1-33-26-25-27(35-17-34-26)40(18-36-25)23-12-10-20(11-13-23)37-28(41)38-21-9-8-19(24(16-21)29(30,31)32)14-15-39(2)22-6-4-3-5-7-22/h8-13,16-18,22H,3-7,14-15H2,1-2H3,(H,33,34,35)(H2,37,38,41). The predicted molar refractivity (Wildman–Crippen MR) is 153 cm³/mol. The number of nitrogens with one attached hydrogen (secondary N) is 3. The molecule has 2 amide bonds. The van der Waals surface area contributed by atoms with Crippen LogP contribution in [0.5, 0.6) is 0 Å². The van der Waals surface area contributed by atoms with Crippen molar-refractivity contribution < 1.29 is 18.0 Å². The smallest absolute Gasteiger partial charge is 0.371 e. The lowest BCUT2D eigenvalue weighted by Gasteiger charge is -2.31. The summed E-state index contributed by atoms with van der Waals surface area (Å²) in [6.07, 6.45) is 4.59. The van der Waals surface area contributed by atoms with Crippen LogP contribution in [-0.4, -0.2) is 57.1 Å². The van der Waals surface area contributed by atoms with Gasteiger partial charge in [-0.1, -0.05) is 25.3 Å². The van der Waals surface area contributed by atoms with Crippen LogP contribution in [0.2, 0.25) is 0 Å². The number of urea groups is 1. The van der Waals surface area contributed by atoms with Crippen LogP contribution in [0.15, 0.2) is 55.1 Å². The van der Waals surface area contributed by atoms with Gasteiger partial charge in [-0.3, -0.25) is 4.57 Å². The third-order valence-corrected chi connectivity index (χ3v) is 7.58. The van der Waals surface area contributed by atoms with Crippen LogP contribution >= 0.6 is 0 Å². The lowest BCUT2D eigenvalue weighted by Crippen LogP contribution is -2.35. The fourth-order valence-corrected chi connectivity index (χ4v) is 5.34. The normalized spacial score (nSPS) is 14.4. The SMILES string of the molecule is CNc1ncnc2c1ncn2-c1ccc(NC(=O)Nc2ccc(CCN(C)C3CCCCC3)c(C(F)(F)F)c2)cc1. The summed E-state index contributed by atoms with van der Waals surface area (Å²) in [5.74, 6) is 0.609. The second kappa shape index (κ2) is 12.1. The average Bonchev–Trinajstić information content (AvgIpc) is 3.41. The topological polar surface area (TPSA) is 100 Å². The predicted octanol–water partition coefficient (Wildman–Crippen LogP) is 6.33. The second-order valence-corrected chi connectivity index (χ2v) is 10.3. The van der Waals surface area contributed by atoms with Crippen molar-refractivity contribution in [3.8, 4) is 5.69 Å². The van der Waals surface area contributed by atoms with Crippen LogP contribution in [-0.2, 0) is 12.6 Å². The highest BCUT2D eigenvalue weighted by atomic mass is 19.4. The van der Waals surface area contributed by atoms with Gasteiger partial charge in [-0.2, -0.15) is 13.2 Å². The first-order chi connectivity index (χ1) is 19.7. The van der Waals surface area contributed by atoms with E-state index in [-0.39, 0.29) is 17.7 Å². The third-order valence-electron chi connectivity index (χ3n) is 7.58. The van der Waals surface area contributed by atoms with E-state index in [0.29, 0.717) is 35.3 Å². The number of amides is 2. The molecule has 0 bridgehead atoms. The Hall–Kier alpha value is -4.19. The van der Waals surface area contributed by atoms with Crippen molar-refractivity contribution in [1.82, 2.24) is 24.4 Å². The quantitative estimate of drug-likeness (QED) is 0.231. The van der Waals surface area contributed by atoms with Crippen molar-refractivity contribution in [2.45, 2.75) is 50.7 Å². The Morgan fingerprint density at radius 1 is 1.00 bits per heavy atom. The van der Waals surface area contributed by atoms with E-state index in [0.717, 1.165) is 24.6 Å². The first-order valence-corrected chi connectivity index (χ1v) is 13.7. The maximum atomic E-state index is 13.9. The number of halogens is 3. The van der Waals surface area contributed by atoms with Gasteiger partial charge in [-0.05, 0) is 68.3 Å². The van der Waals surface area contributed by atoms with Gasteiger partial charge in [-0.15, -0.1) is 0 Å². The van der Waals surface area contributed by atoms with E-state index in [1.165, 1.54) is 37.7 Å². The minimum absolute atomic E-state index is 0.0701. The maximum absolute atomic E-state index is 13.9. The Labute approximate surface area is 236 Å². The first-order valence-electron chi connectivity index (χ1n) is 13.7. The fourth-order valence-electron chi connectivity index (χ4n) is 5.34.